The first-order valence-corrected chi connectivity index (χ1v) is 19.6. The van der Waals surface area contributed by atoms with Crippen molar-refractivity contribution in [2.75, 3.05) is 4.90 Å². The van der Waals surface area contributed by atoms with Gasteiger partial charge in [-0.25, -0.2) is 0 Å². The predicted molar refractivity (Wildman–Crippen MR) is 237 cm³/mol. The average Bonchev–Trinajstić information content (AvgIpc) is 3.79. The number of aromatic nitrogens is 1. The fourth-order valence-corrected chi connectivity index (χ4v) is 9.58. The van der Waals surface area contributed by atoms with E-state index in [0.29, 0.717) is 0 Å². The van der Waals surface area contributed by atoms with Gasteiger partial charge in [-0.15, -0.1) is 11.3 Å². The number of hydrogen-bond acceptors (Lipinski definition) is 2. The Kier molecular flexibility index (Phi) is 7.39. The summed E-state index contributed by atoms with van der Waals surface area (Å²) >= 11 is 1.88. The number of nitrogens with zero attached hydrogens (tertiary/aromatic N) is 2. The molecule has 0 aliphatic carbocycles. The first kappa shape index (κ1) is 31.6. The molecule has 2 aromatic heterocycles. The van der Waals surface area contributed by atoms with Gasteiger partial charge < -0.3 is 9.47 Å². The Balaban J connectivity index is 1.11. The molecule has 0 saturated heterocycles. The molecule has 0 atom stereocenters. The summed E-state index contributed by atoms with van der Waals surface area (Å²) in [7, 11) is 0. The molecule has 2 heterocycles. The third kappa shape index (κ3) is 5.24. The van der Waals surface area contributed by atoms with Crippen LogP contribution in [0.3, 0.4) is 0 Å². The Morgan fingerprint density at radius 3 is 1.85 bits per heavy atom. The van der Waals surface area contributed by atoms with Gasteiger partial charge >= 0.3 is 0 Å². The molecule has 55 heavy (non-hydrogen) atoms. The van der Waals surface area contributed by atoms with Gasteiger partial charge in [-0.3, -0.25) is 0 Å². The van der Waals surface area contributed by atoms with Crippen molar-refractivity contribution in [2.24, 2.45) is 0 Å². The van der Waals surface area contributed by atoms with Gasteiger partial charge in [0.1, 0.15) is 0 Å². The maximum atomic E-state index is 2.45. The predicted octanol–water partition coefficient (Wildman–Crippen LogP) is 15.1. The number of hydrogen-bond donors (Lipinski definition) is 0. The van der Waals surface area contributed by atoms with E-state index in [1.54, 1.807) is 0 Å². The van der Waals surface area contributed by atoms with Gasteiger partial charge in [0.15, 0.2) is 0 Å². The van der Waals surface area contributed by atoms with Crippen LogP contribution in [0.15, 0.2) is 206 Å². The van der Waals surface area contributed by atoms with E-state index >= 15 is 0 Å². The molecular weight excluding hydrogens is 685 g/mol. The van der Waals surface area contributed by atoms with Crippen molar-refractivity contribution in [2.45, 2.75) is 0 Å². The van der Waals surface area contributed by atoms with Crippen LogP contribution in [0.25, 0.3) is 80.7 Å². The SMILES string of the molecule is c1ccc(-c2ccccc2N(c2ccc(-c3ccc4c(c3)sc3cc5ccccc5cc34)cc2)c2cccc3c4ccccc4n(-c4ccccc4)c23)cc1. The van der Waals surface area contributed by atoms with Crippen LogP contribution in [0.4, 0.5) is 17.1 Å². The van der Waals surface area contributed by atoms with Crippen molar-refractivity contribution in [1.29, 1.82) is 0 Å². The van der Waals surface area contributed by atoms with E-state index in [0.717, 1.165) is 22.7 Å². The van der Waals surface area contributed by atoms with Crippen LogP contribution in [-0.4, -0.2) is 4.57 Å². The molecule has 0 spiro atoms. The summed E-state index contributed by atoms with van der Waals surface area (Å²) in [5.41, 5.74) is 11.6. The summed E-state index contributed by atoms with van der Waals surface area (Å²) in [5.74, 6) is 0. The summed E-state index contributed by atoms with van der Waals surface area (Å²) in [4.78, 5) is 2.45. The molecule has 11 aromatic rings. The minimum absolute atomic E-state index is 1.10. The Bertz CT molecular complexity index is 3190. The molecule has 0 unspecified atom stereocenters. The molecule has 0 N–H and O–H groups in total. The van der Waals surface area contributed by atoms with Crippen molar-refractivity contribution >= 4 is 81.1 Å². The number of rotatable bonds is 6. The van der Waals surface area contributed by atoms with E-state index in [4.69, 9.17) is 0 Å². The Morgan fingerprint density at radius 1 is 0.382 bits per heavy atom. The molecule has 0 aliphatic rings. The standard InChI is InChI=1S/C52H34N2S/c1-3-14-36(15-4-1)42-20-9-11-23-47(42)53(49-25-13-22-45-43-21-10-12-24-48(43)54(52(45)49)40-18-5-2-6-19-40)41-29-26-35(27-30-41)39-28-31-44-46-32-37-16-7-8-17-38(37)33-51(46)55-50(44)34-39/h1-34H. The molecule has 0 saturated carbocycles. The molecule has 258 valence electrons. The number of para-hydroxylation sites is 4. The maximum Gasteiger partial charge on any atom is 0.0782 e. The normalized spacial score (nSPS) is 11.6. The summed E-state index contributed by atoms with van der Waals surface area (Å²) in [6.07, 6.45) is 0. The molecule has 0 aliphatic heterocycles. The van der Waals surface area contributed by atoms with E-state index in [1.165, 1.54) is 75.0 Å². The smallest absolute Gasteiger partial charge is 0.0782 e. The van der Waals surface area contributed by atoms with Crippen molar-refractivity contribution in [3.8, 4) is 27.9 Å². The monoisotopic (exact) mass is 718 g/mol. The van der Waals surface area contributed by atoms with Gasteiger partial charge in [-0.1, -0.05) is 146 Å². The van der Waals surface area contributed by atoms with Gasteiger partial charge in [0.25, 0.3) is 0 Å². The van der Waals surface area contributed by atoms with Crippen LogP contribution in [-0.2, 0) is 0 Å². The highest BCUT2D eigenvalue weighted by Crippen LogP contribution is 2.46. The number of anilines is 3. The highest BCUT2D eigenvalue weighted by Gasteiger charge is 2.23. The molecule has 2 nitrogen and oxygen atoms in total. The molecule has 0 radical (unpaired) electrons. The van der Waals surface area contributed by atoms with Crippen LogP contribution in [0.5, 0.6) is 0 Å². The fraction of sp³-hybridized carbons (Fsp3) is 0. The van der Waals surface area contributed by atoms with Crippen LogP contribution in [0.1, 0.15) is 0 Å². The highest BCUT2D eigenvalue weighted by molar-refractivity contribution is 7.25. The van der Waals surface area contributed by atoms with E-state index < -0.39 is 0 Å². The molecule has 0 bridgehead atoms. The summed E-state index contributed by atoms with van der Waals surface area (Å²) in [5, 5.41) is 7.68. The third-order valence-electron chi connectivity index (χ3n) is 11.0. The number of fused-ring (bicyclic) bond motifs is 7. The summed E-state index contributed by atoms with van der Waals surface area (Å²) in [6, 6.07) is 75.2. The van der Waals surface area contributed by atoms with Gasteiger partial charge in [0.2, 0.25) is 0 Å². The number of thiophene rings is 1. The zero-order valence-electron chi connectivity index (χ0n) is 29.9. The van der Waals surface area contributed by atoms with Crippen molar-refractivity contribution in [1.82, 2.24) is 4.57 Å². The first-order chi connectivity index (χ1) is 27.3. The summed E-state index contributed by atoms with van der Waals surface area (Å²) in [6.45, 7) is 0. The van der Waals surface area contributed by atoms with Gasteiger partial charge in [-0.05, 0) is 88.1 Å². The molecule has 11 rings (SSSR count). The highest BCUT2D eigenvalue weighted by atomic mass is 32.1. The lowest BCUT2D eigenvalue weighted by Crippen LogP contribution is -2.12. The van der Waals surface area contributed by atoms with E-state index in [2.05, 4.69) is 216 Å². The lowest BCUT2D eigenvalue weighted by atomic mass is 10.00. The van der Waals surface area contributed by atoms with Crippen LogP contribution in [0, 0.1) is 0 Å². The molecule has 0 amide bonds. The van der Waals surface area contributed by atoms with Gasteiger partial charge in [0.05, 0.1) is 22.4 Å². The quantitative estimate of drug-likeness (QED) is 0.166. The second-order valence-corrected chi connectivity index (χ2v) is 15.2. The Morgan fingerprint density at radius 2 is 1.02 bits per heavy atom. The lowest BCUT2D eigenvalue weighted by molar-refractivity contribution is 1.17. The molecular formula is C52H34N2S. The topological polar surface area (TPSA) is 8.17 Å². The van der Waals surface area contributed by atoms with Crippen molar-refractivity contribution in [3.05, 3.63) is 206 Å². The van der Waals surface area contributed by atoms with Gasteiger partial charge in [0, 0.05) is 47.9 Å². The second kappa shape index (κ2) is 12.9. The fourth-order valence-electron chi connectivity index (χ4n) is 8.41. The largest absolute Gasteiger partial charge is 0.308 e. The Labute approximate surface area is 323 Å². The second-order valence-electron chi connectivity index (χ2n) is 14.1. The van der Waals surface area contributed by atoms with Gasteiger partial charge in [-0.2, -0.15) is 0 Å². The minimum atomic E-state index is 1.10. The van der Waals surface area contributed by atoms with E-state index in [9.17, 15) is 0 Å². The first-order valence-electron chi connectivity index (χ1n) is 18.8. The molecule has 3 heteroatoms. The zero-order valence-corrected chi connectivity index (χ0v) is 30.7. The molecule has 9 aromatic carbocycles. The maximum absolute atomic E-state index is 2.45. The Hall–Kier alpha value is -6.94. The average molecular weight is 719 g/mol. The van der Waals surface area contributed by atoms with E-state index in [1.807, 2.05) is 11.3 Å². The van der Waals surface area contributed by atoms with Crippen LogP contribution in [0.2, 0.25) is 0 Å². The number of benzene rings is 9. The lowest BCUT2D eigenvalue weighted by Gasteiger charge is -2.29. The molecule has 0 fully saturated rings. The van der Waals surface area contributed by atoms with Crippen molar-refractivity contribution in [3.63, 3.8) is 0 Å². The minimum Gasteiger partial charge on any atom is -0.308 e. The van der Waals surface area contributed by atoms with Crippen LogP contribution >= 0.6 is 11.3 Å². The van der Waals surface area contributed by atoms with E-state index in [-0.39, 0.29) is 0 Å². The summed E-state index contributed by atoms with van der Waals surface area (Å²) < 4.78 is 5.07. The van der Waals surface area contributed by atoms with Crippen LogP contribution < -0.4 is 4.90 Å². The van der Waals surface area contributed by atoms with Crippen molar-refractivity contribution < 1.29 is 0 Å². The third-order valence-corrected chi connectivity index (χ3v) is 12.1. The zero-order chi connectivity index (χ0) is 36.3.